The zero-order valence-corrected chi connectivity index (χ0v) is 20.6. The molecule has 1 aromatic rings. The molecule has 0 saturated carbocycles. The van der Waals surface area contributed by atoms with Gasteiger partial charge in [-0.2, -0.15) is 0 Å². The third kappa shape index (κ3) is 12.1. The summed E-state index contributed by atoms with van der Waals surface area (Å²) < 4.78 is 0. The van der Waals surface area contributed by atoms with Gasteiger partial charge in [0.15, 0.2) is 0 Å². The van der Waals surface area contributed by atoms with Crippen molar-refractivity contribution in [2.45, 2.75) is 61.3 Å². The lowest BCUT2D eigenvalue weighted by Gasteiger charge is -2.12. The number of carbonyl (C=O) groups is 1. The van der Waals surface area contributed by atoms with Crippen LogP contribution in [0.2, 0.25) is 0 Å². The predicted octanol–water partition coefficient (Wildman–Crippen LogP) is 7.32. The quantitative estimate of drug-likeness (QED) is 0.233. The lowest BCUT2D eigenvalue weighted by atomic mass is 9.96. The van der Waals surface area contributed by atoms with Crippen LogP contribution in [0.15, 0.2) is 70.3 Å². The average Bonchev–Trinajstić information content (AvgIpc) is 2.68. The molecule has 0 spiro atoms. The monoisotopic (exact) mass is 447 g/mol. The van der Waals surface area contributed by atoms with Crippen molar-refractivity contribution >= 4 is 37.6 Å². The van der Waals surface area contributed by atoms with E-state index in [-0.39, 0.29) is 13.2 Å². The van der Waals surface area contributed by atoms with Gasteiger partial charge < -0.3 is 0 Å². The molecule has 0 aliphatic carbocycles. The SMILES string of the molecule is C.C/C=C(/CC(C)=O)C(CCc1cccc(P)c1C)=NC.C=C/C=C\C(Cl)=C(C)C. The number of hydrogen-bond donors (Lipinski definition) is 0. The highest BCUT2D eigenvalue weighted by Gasteiger charge is 2.10. The Kier molecular flexibility index (Phi) is 17.2. The second kappa shape index (κ2) is 17.0. The van der Waals surface area contributed by atoms with Gasteiger partial charge in [0.25, 0.3) is 0 Å². The molecule has 1 rings (SSSR count). The molecular formula is C26H39ClNOP. The van der Waals surface area contributed by atoms with Gasteiger partial charge in [0, 0.05) is 24.2 Å². The Bertz CT molecular complexity index is 812. The number of nitrogens with zero attached hydrogens (tertiary/aromatic N) is 1. The third-order valence-electron chi connectivity index (χ3n) is 4.40. The minimum absolute atomic E-state index is 0. The minimum Gasteiger partial charge on any atom is -0.300 e. The highest BCUT2D eigenvalue weighted by molar-refractivity contribution is 7.27. The van der Waals surface area contributed by atoms with Crippen molar-refractivity contribution in [3.63, 3.8) is 0 Å². The van der Waals surface area contributed by atoms with Crippen molar-refractivity contribution in [1.82, 2.24) is 0 Å². The van der Waals surface area contributed by atoms with Crippen molar-refractivity contribution in [2.75, 3.05) is 7.05 Å². The molecule has 0 radical (unpaired) electrons. The fourth-order valence-electron chi connectivity index (χ4n) is 2.60. The number of allylic oxidation sites excluding steroid dienone is 7. The van der Waals surface area contributed by atoms with Crippen LogP contribution in [-0.4, -0.2) is 18.5 Å². The van der Waals surface area contributed by atoms with Crippen molar-refractivity contribution in [1.29, 1.82) is 0 Å². The zero-order chi connectivity index (χ0) is 22.4. The van der Waals surface area contributed by atoms with E-state index in [1.807, 2.05) is 39.0 Å². The number of aliphatic imine (C=N–C) groups is 1. The summed E-state index contributed by atoms with van der Waals surface area (Å²) in [5, 5.41) is 2.03. The summed E-state index contributed by atoms with van der Waals surface area (Å²) in [4.78, 5) is 15.7. The molecular weight excluding hydrogens is 409 g/mol. The maximum absolute atomic E-state index is 11.3. The predicted molar refractivity (Wildman–Crippen MR) is 142 cm³/mol. The molecule has 0 bridgehead atoms. The molecule has 1 unspecified atom stereocenters. The minimum atomic E-state index is 0. The highest BCUT2D eigenvalue weighted by Crippen LogP contribution is 2.15. The Labute approximate surface area is 192 Å². The van der Waals surface area contributed by atoms with Crippen molar-refractivity contribution < 1.29 is 4.79 Å². The number of ketones is 1. The molecule has 0 N–H and O–H groups in total. The summed E-state index contributed by atoms with van der Waals surface area (Å²) in [6.07, 6.45) is 9.65. The topological polar surface area (TPSA) is 29.4 Å². The van der Waals surface area contributed by atoms with Crippen molar-refractivity contribution in [3.05, 3.63) is 76.4 Å². The number of Topliss-reactive ketones (excluding diaryl/α,β-unsaturated/α-hetero) is 1. The molecule has 166 valence electrons. The van der Waals surface area contributed by atoms with E-state index in [0.29, 0.717) is 6.42 Å². The maximum Gasteiger partial charge on any atom is 0.134 e. The van der Waals surface area contributed by atoms with Crippen LogP contribution in [0, 0.1) is 6.92 Å². The lowest BCUT2D eigenvalue weighted by Crippen LogP contribution is -2.10. The van der Waals surface area contributed by atoms with Crippen molar-refractivity contribution in [2.24, 2.45) is 4.99 Å². The van der Waals surface area contributed by atoms with Crippen LogP contribution in [0.4, 0.5) is 0 Å². The fraction of sp³-hybridized carbons (Fsp3) is 0.385. The highest BCUT2D eigenvalue weighted by atomic mass is 35.5. The molecule has 2 nitrogen and oxygen atoms in total. The van der Waals surface area contributed by atoms with E-state index in [4.69, 9.17) is 11.6 Å². The third-order valence-corrected chi connectivity index (χ3v) is 5.53. The Morgan fingerprint density at radius 3 is 2.37 bits per heavy atom. The second-order valence-electron chi connectivity index (χ2n) is 6.94. The summed E-state index contributed by atoms with van der Waals surface area (Å²) in [5.41, 5.74) is 5.88. The van der Waals surface area contributed by atoms with Crippen LogP contribution in [0.5, 0.6) is 0 Å². The molecule has 1 aromatic carbocycles. The van der Waals surface area contributed by atoms with E-state index in [1.54, 1.807) is 20.0 Å². The van der Waals surface area contributed by atoms with Gasteiger partial charge in [-0.25, -0.2) is 0 Å². The Morgan fingerprint density at radius 1 is 1.27 bits per heavy atom. The van der Waals surface area contributed by atoms with E-state index < -0.39 is 0 Å². The zero-order valence-electron chi connectivity index (χ0n) is 18.7. The van der Waals surface area contributed by atoms with Gasteiger partial charge in [0.1, 0.15) is 5.78 Å². The second-order valence-corrected chi connectivity index (χ2v) is 7.97. The molecule has 1 atom stereocenters. The number of halogens is 1. The summed E-state index contributed by atoms with van der Waals surface area (Å²) >= 11 is 5.74. The van der Waals surface area contributed by atoms with Gasteiger partial charge in [-0.3, -0.25) is 9.79 Å². The van der Waals surface area contributed by atoms with Crippen LogP contribution in [-0.2, 0) is 11.2 Å². The summed E-state index contributed by atoms with van der Waals surface area (Å²) in [6.45, 7) is 13.2. The first kappa shape index (κ1) is 30.4. The van der Waals surface area contributed by atoms with Crippen molar-refractivity contribution in [3.8, 4) is 0 Å². The normalized spacial score (nSPS) is 11.3. The molecule has 0 fully saturated rings. The summed E-state index contributed by atoms with van der Waals surface area (Å²) in [7, 11) is 4.57. The first-order valence-corrected chi connectivity index (χ1v) is 10.7. The molecule has 0 aromatic heterocycles. The molecule has 0 saturated heterocycles. The van der Waals surface area contributed by atoms with Crippen LogP contribution in [0.25, 0.3) is 0 Å². The number of hydrogen-bond acceptors (Lipinski definition) is 2. The van der Waals surface area contributed by atoms with Crippen LogP contribution in [0.3, 0.4) is 0 Å². The molecule has 0 heterocycles. The fourth-order valence-corrected chi connectivity index (χ4v) is 2.97. The van der Waals surface area contributed by atoms with Gasteiger partial charge in [0.2, 0.25) is 0 Å². The van der Waals surface area contributed by atoms with E-state index in [1.165, 1.54) is 16.4 Å². The molecule has 0 amide bonds. The van der Waals surface area contributed by atoms with Gasteiger partial charge in [-0.1, -0.05) is 67.6 Å². The average molecular weight is 448 g/mol. The van der Waals surface area contributed by atoms with E-state index in [0.717, 1.165) is 34.7 Å². The van der Waals surface area contributed by atoms with E-state index in [2.05, 4.69) is 45.9 Å². The number of aryl methyl sites for hydroxylation is 1. The summed E-state index contributed by atoms with van der Waals surface area (Å²) in [6, 6.07) is 6.35. The van der Waals surface area contributed by atoms with E-state index in [9.17, 15) is 4.79 Å². The molecule has 0 aliphatic rings. The summed E-state index contributed by atoms with van der Waals surface area (Å²) in [5.74, 6) is 0.183. The Balaban J connectivity index is 0. The largest absolute Gasteiger partial charge is 0.300 e. The van der Waals surface area contributed by atoms with Gasteiger partial charge in [-0.05, 0) is 75.5 Å². The molecule has 30 heavy (non-hydrogen) atoms. The first-order valence-electron chi connectivity index (χ1n) is 9.74. The number of benzene rings is 1. The molecule has 4 heteroatoms. The smallest absolute Gasteiger partial charge is 0.134 e. The lowest BCUT2D eigenvalue weighted by molar-refractivity contribution is -0.116. The van der Waals surface area contributed by atoms with Gasteiger partial charge in [0.05, 0.1) is 0 Å². The van der Waals surface area contributed by atoms with Gasteiger partial charge in [-0.15, -0.1) is 9.24 Å². The standard InChI is InChI=1S/C17H24NOP.C8H11Cl.CH4/c1-5-14(11-12(2)19)16(18-4)10-9-15-7-6-8-17(20)13(15)3;1-4-5-6-8(9)7(2)3;/h5-8H,9-11,20H2,1-4H3;4-6H,1H2,2-3H3;1H4/b14-5-,18-16?;6-5-;. The number of carbonyl (C=O) groups excluding carboxylic acids is 1. The van der Waals surface area contributed by atoms with Crippen LogP contribution >= 0.6 is 20.8 Å². The maximum atomic E-state index is 11.3. The Morgan fingerprint density at radius 2 is 1.90 bits per heavy atom. The number of rotatable bonds is 8. The van der Waals surface area contributed by atoms with Gasteiger partial charge >= 0.3 is 0 Å². The Hall–Kier alpha value is -1.76. The van der Waals surface area contributed by atoms with Crippen LogP contribution in [0.1, 0.15) is 59.1 Å². The van der Waals surface area contributed by atoms with E-state index >= 15 is 0 Å². The molecule has 0 aliphatic heterocycles. The first-order chi connectivity index (χ1) is 13.7. The van der Waals surface area contributed by atoms with Crippen LogP contribution < -0.4 is 5.30 Å².